The van der Waals surface area contributed by atoms with E-state index in [0.29, 0.717) is 12.0 Å². The Kier molecular flexibility index (Phi) is 7.61. The second-order valence-corrected chi connectivity index (χ2v) is 13.7. The second kappa shape index (κ2) is 9.65. The van der Waals surface area contributed by atoms with Gasteiger partial charge in [-0.15, -0.1) is 0 Å². The average molecular weight is 510 g/mol. The Balaban J connectivity index is 1.47. The van der Waals surface area contributed by atoms with E-state index in [4.69, 9.17) is 4.74 Å². The van der Waals surface area contributed by atoms with Crippen LogP contribution in [0.4, 0.5) is 0 Å². The van der Waals surface area contributed by atoms with E-state index >= 15 is 0 Å². The van der Waals surface area contributed by atoms with Crippen LogP contribution >= 0.6 is 15.9 Å². The predicted octanol–water partition coefficient (Wildman–Crippen LogP) is 8.13. The molecule has 32 heavy (non-hydrogen) atoms. The van der Waals surface area contributed by atoms with E-state index < -0.39 is 5.79 Å². The van der Waals surface area contributed by atoms with Crippen LogP contribution in [0, 0.1) is 46.3 Å². The van der Waals surface area contributed by atoms with Gasteiger partial charge in [0, 0.05) is 18.2 Å². The number of fused-ring (bicyclic) bond motifs is 5. The maximum absolute atomic E-state index is 11.1. The average Bonchev–Trinajstić information content (AvgIpc) is 3.10. The van der Waals surface area contributed by atoms with Crippen molar-refractivity contribution < 1.29 is 9.84 Å². The molecule has 0 saturated heterocycles. The molecule has 0 bridgehead atoms. The second-order valence-electron chi connectivity index (χ2n) is 13.0. The van der Waals surface area contributed by atoms with E-state index in [1.807, 2.05) is 0 Å². The molecular formula is C29H49BrO2. The van der Waals surface area contributed by atoms with Crippen LogP contribution in [-0.2, 0) is 4.74 Å². The van der Waals surface area contributed by atoms with Gasteiger partial charge in [0.2, 0.25) is 0 Å². The molecule has 0 aliphatic heterocycles. The van der Waals surface area contributed by atoms with Crippen LogP contribution in [0.15, 0.2) is 11.6 Å². The molecule has 0 amide bonds. The first kappa shape index (κ1) is 25.2. The normalized spacial score (nSPS) is 44.6. The molecule has 3 saturated carbocycles. The van der Waals surface area contributed by atoms with Crippen molar-refractivity contribution in [3.05, 3.63) is 11.6 Å². The summed E-state index contributed by atoms with van der Waals surface area (Å²) in [5, 5.41) is 11.8. The van der Waals surface area contributed by atoms with Crippen molar-refractivity contribution in [3.63, 3.8) is 0 Å². The minimum Gasteiger partial charge on any atom is -0.365 e. The Hall–Kier alpha value is 0.140. The number of aliphatic hydroxyl groups is 1. The number of halogens is 1. The highest BCUT2D eigenvalue weighted by molar-refractivity contribution is 9.09. The molecule has 0 radical (unpaired) electrons. The molecule has 0 aromatic carbocycles. The molecular weight excluding hydrogens is 460 g/mol. The lowest BCUT2D eigenvalue weighted by Gasteiger charge is -2.59. The topological polar surface area (TPSA) is 29.5 Å². The van der Waals surface area contributed by atoms with Gasteiger partial charge in [-0.1, -0.05) is 81.5 Å². The molecule has 4 aliphatic carbocycles. The molecule has 184 valence electrons. The largest absolute Gasteiger partial charge is 0.365 e. The van der Waals surface area contributed by atoms with Gasteiger partial charge in [-0.05, 0) is 84.9 Å². The molecule has 4 rings (SSSR count). The molecule has 4 aliphatic rings. The molecule has 3 heteroatoms. The van der Waals surface area contributed by atoms with Gasteiger partial charge in [0.1, 0.15) is 0 Å². The summed E-state index contributed by atoms with van der Waals surface area (Å²) in [4.78, 5) is 0. The van der Waals surface area contributed by atoms with Gasteiger partial charge >= 0.3 is 0 Å². The number of ether oxygens (including phenoxy) is 1. The number of allylic oxidation sites excluding steroid dienone is 1. The minimum absolute atomic E-state index is 0.273. The van der Waals surface area contributed by atoms with E-state index in [2.05, 4.69) is 56.6 Å². The third kappa shape index (κ3) is 4.53. The molecule has 0 spiro atoms. The lowest BCUT2D eigenvalue weighted by Crippen LogP contribution is -2.53. The van der Waals surface area contributed by atoms with Gasteiger partial charge < -0.3 is 9.84 Å². The first-order chi connectivity index (χ1) is 15.1. The number of hydrogen-bond donors (Lipinski definition) is 1. The van der Waals surface area contributed by atoms with E-state index in [1.54, 1.807) is 0 Å². The molecule has 2 nitrogen and oxygen atoms in total. The van der Waals surface area contributed by atoms with Crippen LogP contribution in [0.2, 0.25) is 0 Å². The van der Waals surface area contributed by atoms with E-state index in [0.717, 1.165) is 60.1 Å². The van der Waals surface area contributed by atoms with Crippen molar-refractivity contribution in [1.82, 2.24) is 0 Å². The van der Waals surface area contributed by atoms with Crippen LogP contribution < -0.4 is 0 Å². The fourth-order valence-electron chi connectivity index (χ4n) is 8.99. The lowest BCUT2D eigenvalue weighted by atomic mass is 9.46. The van der Waals surface area contributed by atoms with Gasteiger partial charge in [-0.3, -0.25) is 0 Å². The van der Waals surface area contributed by atoms with Crippen molar-refractivity contribution >= 4 is 15.9 Å². The van der Waals surface area contributed by atoms with E-state index in [9.17, 15) is 5.11 Å². The Labute approximate surface area is 206 Å². The Bertz CT molecular complexity index is 689. The Morgan fingerprint density at radius 2 is 1.84 bits per heavy atom. The maximum Gasteiger partial charge on any atom is 0.169 e. The summed E-state index contributed by atoms with van der Waals surface area (Å²) in [7, 11) is 0. The number of alkyl halides is 1. The van der Waals surface area contributed by atoms with E-state index in [1.165, 1.54) is 56.9 Å². The minimum atomic E-state index is -0.945. The molecule has 1 N–H and O–H groups in total. The van der Waals surface area contributed by atoms with Gasteiger partial charge in [0.25, 0.3) is 0 Å². The van der Waals surface area contributed by atoms with Gasteiger partial charge in [-0.25, -0.2) is 0 Å². The van der Waals surface area contributed by atoms with Gasteiger partial charge in [0.05, 0.1) is 6.61 Å². The smallest absolute Gasteiger partial charge is 0.169 e. The summed E-state index contributed by atoms with van der Waals surface area (Å²) >= 11 is 3.44. The van der Waals surface area contributed by atoms with Crippen molar-refractivity contribution in [1.29, 1.82) is 0 Å². The standard InChI is InChI=1S/C29H49BrO2/c1-20(2)7-6-8-21(3)24-11-12-25-23-10-9-22-19-29(31,32-18-17-30)16-15-27(22,4)26(23)13-14-28(24,25)5/h9,20-21,23-26,31H,6-8,10-19H2,1-5H3/t21-,23+,24-,25+,26+,27+,28-,29?/m1/s1. The Morgan fingerprint density at radius 3 is 2.56 bits per heavy atom. The molecule has 1 unspecified atom stereocenters. The summed E-state index contributed by atoms with van der Waals surface area (Å²) in [5.74, 6) is 4.25. The molecule has 3 fully saturated rings. The summed E-state index contributed by atoms with van der Waals surface area (Å²) in [6.07, 6.45) is 16.3. The van der Waals surface area contributed by atoms with Crippen molar-refractivity contribution in [3.8, 4) is 0 Å². The fraction of sp³-hybridized carbons (Fsp3) is 0.931. The molecule has 0 heterocycles. The van der Waals surface area contributed by atoms with Crippen LogP contribution in [0.1, 0.15) is 105 Å². The molecule has 8 atom stereocenters. The monoisotopic (exact) mass is 508 g/mol. The maximum atomic E-state index is 11.1. The quantitative estimate of drug-likeness (QED) is 0.203. The Morgan fingerprint density at radius 1 is 1.06 bits per heavy atom. The van der Waals surface area contributed by atoms with Gasteiger partial charge in [0.15, 0.2) is 5.79 Å². The van der Waals surface area contributed by atoms with Gasteiger partial charge in [-0.2, -0.15) is 0 Å². The van der Waals surface area contributed by atoms with Crippen molar-refractivity contribution in [2.75, 3.05) is 11.9 Å². The third-order valence-electron chi connectivity index (χ3n) is 10.8. The third-order valence-corrected chi connectivity index (χ3v) is 11.1. The SMILES string of the molecule is CC(C)CCC[C@@H](C)[C@H]1CC[C@H]2[C@@H]3CC=C4CC(O)(OCCBr)CC[C@]4(C)[C@H]3CC[C@]12C. The fourth-order valence-corrected chi connectivity index (χ4v) is 9.16. The zero-order valence-corrected chi connectivity index (χ0v) is 23.1. The zero-order chi connectivity index (χ0) is 23.1. The summed E-state index contributed by atoms with van der Waals surface area (Å²) in [6.45, 7) is 13.1. The first-order valence-corrected chi connectivity index (χ1v) is 14.9. The number of rotatable bonds is 8. The van der Waals surface area contributed by atoms with Crippen molar-refractivity contribution in [2.45, 2.75) is 111 Å². The summed E-state index contributed by atoms with van der Waals surface area (Å²) in [6, 6.07) is 0. The highest BCUT2D eigenvalue weighted by Gasteiger charge is 2.60. The molecule has 0 aromatic heterocycles. The number of hydrogen-bond acceptors (Lipinski definition) is 2. The molecule has 0 aromatic rings. The van der Waals surface area contributed by atoms with Crippen LogP contribution in [-0.4, -0.2) is 22.8 Å². The predicted molar refractivity (Wildman–Crippen MR) is 138 cm³/mol. The highest BCUT2D eigenvalue weighted by atomic mass is 79.9. The van der Waals surface area contributed by atoms with Crippen LogP contribution in [0.25, 0.3) is 0 Å². The zero-order valence-electron chi connectivity index (χ0n) is 21.5. The first-order valence-electron chi connectivity index (χ1n) is 13.7. The summed E-state index contributed by atoms with van der Waals surface area (Å²) < 4.78 is 5.89. The highest BCUT2D eigenvalue weighted by Crippen LogP contribution is 2.67. The van der Waals surface area contributed by atoms with Crippen molar-refractivity contribution in [2.24, 2.45) is 46.3 Å². The lowest BCUT2D eigenvalue weighted by molar-refractivity contribution is -0.221. The summed E-state index contributed by atoms with van der Waals surface area (Å²) in [5.41, 5.74) is 2.33. The van der Waals surface area contributed by atoms with Crippen LogP contribution in [0.3, 0.4) is 0 Å². The van der Waals surface area contributed by atoms with Crippen LogP contribution in [0.5, 0.6) is 0 Å². The van der Waals surface area contributed by atoms with E-state index in [-0.39, 0.29) is 5.41 Å².